The maximum atomic E-state index is 10.4. The van der Waals surface area contributed by atoms with Crippen molar-refractivity contribution in [3.05, 3.63) is 45.2 Å². The van der Waals surface area contributed by atoms with E-state index < -0.39 is 0 Å². The van der Waals surface area contributed by atoms with Crippen molar-refractivity contribution in [2.45, 2.75) is 0 Å². The van der Waals surface area contributed by atoms with Crippen molar-refractivity contribution in [2.24, 2.45) is 14.1 Å². The van der Waals surface area contributed by atoms with Crippen LogP contribution in [0.2, 0.25) is 0 Å². The molecule has 2 heterocycles. The molecule has 2 aromatic rings. The molecule has 0 amide bonds. The molecule has 0 bridgehead atoms. The molecule has 0 spiro atoms. The molecule has 2 rings (SSSR count). The molecule has 6 nitrogen and oxygen atoms in total. The Kier molecular flexibility index (Phi) is 8.33. The monoisotopic (exact) mass is 450 g/mol. The fourth-order valence-electron chi connectivity index (χ4n) is 0.824. The highest BCUT2D eigenvalue weighted by molar-refractivity contribution is 15.0. The van der Waals surface area contributed by atoms with Gasteiger partial charge in [0.2, 0.25) is 0 Å². The van der Waals surface area contributed by atoms with Crippen molar-refractivity contribution in [1.82, 2.24) is 19.6 Å². The molecule has 2 N–H and O–H groups in total. The van der Waals surface area contributed by atoms with Gasteiger partial charge in [-0.25, -0.2) is 0 Å². The van der Waals surface area contributed by atoms with Crippen LogP contribution < -0.4 is 11.1 Å². The molecular formula is C8H12I2N4O2. The lowest BCUT2D eigenvalue weighted by molar-refractivity contribution is 0.740. The van der Waals surface area contributed by atoms with Gasteiger partial charge in [-0.15, -0.1) is 0 Å². The van der Waals surface area contributed by atoms with Crippen molar-refractivity contribution in [2.75, 3.05) is 0 Å². The van der Waals surface area contributed by atoms with Crippen LogP contribution in [0.4, 0.5) is 0 Å². The third-order valence-electron chi connectivity index (χ3n) is 1.56. The zero-order chi connectivity index (χ0) is 12.6. The highest BCUT2D eigenvalue weighted by Gasteiger charge is 1.81. The summed E-state index contributed by atoms with van der Waals surface area (Å²) in [6, 6.07) is 2.94. The van der Waals surface area contributed by atoms with Gasteiger partial charge in [0.25, 0.3) is 11.1 Å². The summed E-state index contributed by atoms with van der Waals surface area (Å²) in [7, 11) is 3.43. The summed E-state index contributed by atoms with van der Waals surface area (Å²) in [5.41, 5.74) is -0.0532. The SMILES string of the molecule is Cn1[nH]ccc1=O.Cn1ccc(=O)[nH]1.II. The number of aromatic nitrogens is 4. The Morgan fingerprint density at radius 2 is 1.81 bits per heavy atom. The topological polar surface area (TPSA) is 75.6 Å². The third kappa shape index (κ3) is 6.15. The Morgan fingerprint density at radius 3 is 1.94 bits per heavy atom. The first-order valence-corrected chi connectivity index (χ1v) is 10.4. The van der Waals surface area contributed by atoms with E-state index in [9.17, 15) is 9.59 Å². The molecule has 0 aliphatic rings. The Bertz CT molecular complexity index is 496. The maximum Gasteiger partial charge on any atom is 0.266 e. The van der Waals surface area contributed by atoms with E-state index in [1.807, 2.05) is 0 Å². The highest BCUT2D eigenvalue weighted by Crippen LogP contribution is 1.89. The predicted molar refractivity (Wildman–Crippen MR) is 80.1 cm³/mol. The lowest BCUT2D eigenvalue weighted by Crippen LogP contribution is -2.09. The number of hydrogen-bond donors (Lipinski definition) is 2. The second-order valence-electron chi connectivity index (χ2n) is 2.76. The predicted octanol–water partition coefficient (Wildman–Crippen LogP) is 1.20. The van der Waals surface area contributed by atoms with Crippen LogP contribution in [0.25, 0.3) is 0 Å². The van der Waals surface area contributed by atoms with Crippen LogP contribution in [-0.2, 0) is 14.1 Å². The summed E-state index contributed by atoms with van der Waals surface area (Å²) >= 11 is 4.24. The molecular weight excluding hydrogens is 438 g/mol. The highest BCUT2D eigenvalue weighted by atomic mass is 128. The second kappa shape index (κ2) is 8.61. The molecule has 0 atom stereocenters. The van der Waals surface area contributed by atoms with Gasteiger partial charge < -0.3 is 5.10 Å². The van der Waals surface area contributed by atoms with Crippen LogP contribution in [-0.4, -0.2) is 19.6 Å². The first-order valence-electron chi connectivity index (χ1n) is 4.16. The number of nitrogens with zero attached hydrogens (tertiary/aromatic N) is 2. The molecule has 2 aromatic heterocycles. The van der Waals surface area contributed by atoms with Gasteiger partial charge in [0.15, 0.2) is 0 Å². The minimum atomic E-state index is -0.0532. The van der Waals surface area contributed by atoms with Gasteiger partial charge in [-0.05, 0) is 0 Å². The number of aryl methyl sites for hydroxylation is 2. The summed E-state index contributed by atoms with van der Waals surface area (Å²) in [6.45, 7) is 0. The van der Waals surface area contributed by atoms with E-state index in [1.165, 1.54) is 16.8 Å². The molecule has 16 heavy (non-hydrogen) atoms. The summed E-state index contributed by atoms with van der Waals surface area (Å²) in [5.74, 6) is 0. The average Bonchev–Trinajstić information content (AvgIpc) is 2.81. The molecule has 8 heteroatoms. The van der Waals surface area contributed by atoms with Gasteiger partial charge in [0, 0.05) is 75.9 Å². The minimum Gasteiger partial charge on any atom is -0.303 e. The number of aromatic amines is 2. The van der Waals surface area contributed by atoms with Gasteiger partial charge in [-0.3, -0.25) is 24.1 Å². The Morgan fingerprint density at radius 1 is 1.19 bits per heavy atom. The van der Waals surface area contributed by atoms with Crippen molar-refractivity contribution >= 4 is 37.2 Å². The molecule has 0 radical (unpaired) electrons. The Labute approximate surface area is 115 Å². The zero-order valence-corrected chi connectivity index (χ0v) is 13.1. The van der Waals surface area contributed by atoms with E-state index in [-0.39, 0.29) is 11.1 Å². The summed E-state index contributed by atoms with van der Waals surface area (Å²) in [6.07, 6.45) is 3.27. The Hall–Kier alpha value is -0.520. The summed E-state index contributed by atoms with van der Waals surface area (Å²) in [5, 5.41) is 5.17. The molecule has 0 saturated heterocycles. The fraction of sp³-hybridized carbons (Fsp3) is 0.250. The van der Waals surface area contributed by atoms with Crippen molar-refractivity contribution in [3.8, 4) is 0 Å². The van der Waals surface area contributed by atoms with E-state index in [1.54, 1.807) is 31.2 Å². The zero-order valence-electron chi connectivity index (χ0n) is 8.78. The quantitative estimate of drug-likeness (QED) is 0.593. The molecule has 0 aromatic carbocycles. The average molecular weight is 450 g/mol. The minimum absolute atomic E-state index is 0.000000000000000222. The van der Waals surface area contributed by atoms with Gasteiger partial charge in [-0.1, -0.05) is 0 Å². The van der Waals surface area contributed by atoms with Crippen LogP contribution >= 0.6 is 37.2 Å². The standard InChI is InChI=1S/2C4H6N2O.I2/c1-6-3-2-4(7)5-6;1-6-4(7)2-3-5-6;1-2/h2-3H,1H3,(H,5,7);2-3,5H,1H3;. The smallest absolute Gasteiger partial charge is 0.266 e. The third-order valence-corrected chi connectivity index (χ3v) is 1.56. The van der Waals surface area contributed by atoms with Crippen molar-refractivity contribution in [3.63, 3.8) is 0 Å². The first-order chi connectivity index (χ1) is 7.59. The molecule has 90 valence electrons. The number of hydrogen-bond acceptors (Lipinski definition) is 2. The van der Waals surface area contributed by atoms with Crippen LogP contribution in [0.15, 0.2) is 34.1 Å². The van der Waals surface area contributed by atoms with Crippen LogP contribution in [0.1, 0.15) is 0 Å². The van der Waals surface area contributed by atoms with Crippen molar-refractivity contribution in [1.29, 1.82) is 0 Å². The molecule has 0 fully saturated rings. The van der Waals surface area contributed by atoms with Crippen LogP contribution in [0.5, 0.6) is 0 Å². The van der Waals surface area contributed by atoms with E-state index in [0.717, 1.165) is 0 Å². The van der Waals surface area contributed by atoms with E-state index >= 15 is 0 Å². The number of halogens is 2. The largest absolute Gasteiger partial charge is 0.303 e. The second-order valence-corrected chi connectivity index (χ2v) is 2.76. The molecule has 0 aliphatic heterocycles. The van der Waals surface area contributed by atoms with Gasteiger partial charge in [-0.2, -0.15) is 0 Å². The molecule has 0 unspecified atom stereocenters. The summed E-state index contributed by atoms with van der Waals surface area (Å²) < 4.78 is 3.00. The van der Waals surface area contributed by atoms with Crippen LogP contribution in [0, 0.1) is 0 Å². The van der Waals surface area contributed by atoms with E-state index in [2.05, 4.69) is 47.4 Å². The fourth-order valence-corrected chi connectivity index (χ4v) is 0.824. The lowest BCUT2D eigenvalue weighted by atomic mass is 10.7. The summed E-state index contributed by atoms with van der Waals surface area (Å²) in [4.78, 5) is 20.6. The Balaban J connectivity index is 0.000000244. The first kappa shape index (κ1) is 15.5. The maximum absolute atomic E-state index is 10.4. The van der Waals surface area contributed by atoms with Crippen LogP contribution in [0.3, 0.4) is 0 Å². The normalized spacial score (nSPS) is 8.50. The van der Waals surface area contributed by atoms with Gasteiger partial charge >= 0.3 is 0 Å². The number of nitrogens with one attached hydrogen (secondary N) is 2. The number of H-pyrrole nitrogens is 2. The molecule has 0 aliphatic carbocycles. The van der Waals surface area contributed by atoms with E-state index in [0.29, 0.717) is 0 Å². The van der Waals surface area contributed by atoms with Crippen molar-refractivity contribution < 1.29 is 0 Å². The van der Waals surface area contributed by atoms with Gasteiger partial charge in [0.1, 0.15) is 0 Å². The van der Waals surface area contributed by atoms with Gasteiger partial charge in [0.05, 0.1) is 0 Å². The lowest BCUT2D eigenvalue weighted by Gasteiger charge is -1.80. The van der Waals surface area contributed by atoms with E-state index in [4.69, 9.17) is 0 Å². The number of rotatable bonds is 0. The molecule has 0 saturated carbocycles.